The third kappa shape index (κ3) is 3.64. The van der Waals surface area contributed by atoms with Crippen LogP contribution in [0.2, 0.25) is 5.02 Å². The molecule has 2 heterocycles. The number of benzene rings is 3. The number of morpholine rings is 1. The summed E-state index contributed by atoms with van der Waals surface area (Å²) in [6.07, 6.45) is 2.62. The van der Waals surface area contributed by atoms with Crippen LogP contribution in [-0.2, 0) is 9.47 Å². The van der Waals surface area contributed by atoms with Crippen molar-refractivity contribution in [3.05, 3.63) is 101 Å². The summed E-state index contributed by atoms with van der Waals surface area (Å²) in [5.74, 6) is 0.0578. The van der Waals surface area contributed by atoms with E-state index in [0.29, 0.717) is 19.8 Å². The van der Waals surface area contributed by atoms with E-state index in [1.54, 1.807) is 0 Å². The first-order chi connectivity index (χ1) is 16.2. The number of carbonyl (C=O) groups excluding carboxylic acids is 1. The Balaban J connectivity index is 1.22. The van der Waals surface area contributed by atoms with Crippen LogP contribution in [-0.4, -0.2) is 42.9 Å². The van der Waals surface area contributed by atoms with Gasteiger partial charge in [-0.2, -0.15) is 0 Å². The van der Waals surface area contributed by atoms with Crippen molar-refractivity contribution in [3.63, 3.8) is 0 Å². The molecule has 0 N–H and O–H groups in total. The fourth-order valence-corrected chi connectivity index (χ4v) is 5.55. The number of amides is 1. The Morgan fingerprint density at radius 2 is 1.61 bits per heavy atom. The molecule has 1 amide bonds. The van der Waals surface area contributed by atoms with E-state index >= 15 is 0 Å². The molecule has 2 atom stereocenters. The number of fused-ring (bicyclic) bond motifs is 5. The number of halogens is 1. The number of rotatable bonds is 3. The van der Waals surface area contributed by atoms with Gasteiger partial charge in [-0.05, 0) is 51.9 Å². The molecule has 3 aliphatic rings. The Bertz CT molecular complexity index is 1190. The Morgan fingerprint density at radius 3 is 2.27 bits per heavy atom. The van der Waals surface area contributed by atoms with E-state index < -0.39 is 0 Å². The van der Waals surface area contributed by atoms with Gasteiger partial charge in [0.15, 0.2) is 0 Å². The molecule has 0 saturated carbocycles. The van der Waals surface area contributed by atoms with E-state index in [1.807, 2.05) is 29.2 Å². The van der Waals surface area contributed by atoms with Crippen LogP contribution in [0.3, 0.4) is 0 Å². The van der Waals surface area contributed by atoms with E-state index in [0.717, 1.165) is 17.0 Å². The highest BCUT2D eigenvalue weighted by Gasteiger charge is 2.39. The molecular weight excluding hydrogens is 434 g/mol. The second-order valence-corrected chi connectivity index (χ2v) is 9.31. The molecule has 0 spiro atoms. The van der Waals surface area contributed by atoms with Crippen molar-refractivity contribution in [2.24, 2.45) is 0 Å². The van der Waals surface area contributed by atoms with Crippen LogP contribution >= 0.6 is 11.6 Å². The Hall–Kier alpha value is -3.08. The number of hydrogen-bond acceptors (Lipinski definition) is 3. The molecule has 33 heavy (non-hydrogen) atoms. The number of nitrogens with zero attached hydrogens (tertiary/aromatic N) is 1. The first kappa shape index (κ1) is 20.5. The predicted octanol–water partition coefficient (Wildman–Crippen LogP) is 6.15. The van der Waals surface area contributed by atoms with Gasteiger partial charge >= 0.3 is 6.09 Å². The van der Waals surface area contributed by atoms with Gasteiger partial charge < -0.3 is 9.47 Å². The topological polar surface area (TPSA) is 38.8 Å². The summed E-state index contributed by atoms with van der Waals surface area (Å²) in [4.78, 5) is 15.2. The molecule has 2 bridgehead atoms. The van der Waals surface area contributed by atoms with Gasteiger partial charge in [0, 0.05) is 10.9 Å². The maximum atomic E-state index is 13.3. The van der Waals surface area contributed by atoms with E-state index in [9.17, 15) is 4.79 Å². The summed E-state index contributed by atoms with van der Waals surface area (Å²) in [5.41, 5.74) is 7.27. The van der Waals surface area contributed by atoms with Crippen LogP contribution in [0.1, 0.15) is 29.0 Å². The lowest BCUT2D eigenvalue weighted by atomic mass is 9.90. The molecule has 1 aliphatic carbocycles. The fraction of sp³-hybridized carbons (Fsp3) is 0.250. The second kappa shape index (κ2) is 8.36. The molecule has 1 fully saturated rings. The average molecular weight is 458 g/mol. The van der Waals surface area contributed by atoms with Crippen molar-refractivity contribution in [2.75, 3.05) is 19.8 Å². The molecule has 3 aromatic carbocycles. The number of hydrogen-bond donors (Lipinski definition) is 0. The van der Waals surface area contributed by atoms with Crippen LogP contribution in [0.5, 0.6) is 0 Å². The zero-order valence-corrected chi connectivity index (χ0v) is 18.9. The Labute approximate surface area is 198 Å². The highest BCUT2D eigenvalue weighted by molar-refractivity contribution is 6.30. The SMILES string of the molecule is O=C(OCC1c2ccccc2-c2ccccc21)N1C2C=C(c3ccc(Cl)cc3)CC1COC2. The van der Waals surface area contributed by atoms with Gasteiger partial charge in [0.2, 0.25) is 0 Å². The van der Waals surface area contributed by atoms with Gasteiger partial charge in [-0.15, -0.1) is 0 Å². The van der Waals surface area contributed by atoms with Crippen LogP contribution < -0.4 is 0 Å². The summed E-state index contributed by atoms with van der Waals surface area (Å²) in [6, 6.07) is 24.5. The monoisotopic (exact) mass is 457 g/mol. The van der Waals surface area contributed by atoms with E-state index in [-0.39, 0.29) is 24.1 Å². The van der Waals surface area contributed by atoms with Gasteiger partial charge in [-0.3, -0.25) is 4.90 Å². The summed E-state index contributed by atoms with van der Waals surface area (Å²) in [7, 11) is 0. The van der Waals surface area contributed by atoms with Crippen molar-refractivity contribution in [3.8, 4) is 11.1 Å². The zero-order valence-electron chi connectivity index (χ0n) is 18.1. The Morgan fingerprint density at radius 1 is 0.939 bits per heavy atom. The van der Waals surface area contributed by atoms with E-state index in [2.05, 4.69) is 54.6 Å². The first-order valence-electron chi connectivity index (χ1n) is 11.4. The van der Waals surface area contributed by atoms with Crippen molar-refractivity contribution < 1.29 is 14.3 Å². The smallest absolute Gasteiger partial charge is 0.410 e. The molecular formula is C28H24ClNO3. The zero-order chi connectivity index (χ0) is 22.4. The molecule has 0 aromatic heterocycles. The quantitative estimate of drug-likeness (QED) is 0.473. The standard InChI is InChI=1S/C28H24ClNO3/c29-20-11-9-18(10-12-20)19-13-21-15-32-16-22(14-19)30(21)28(31)33-17-27-25-7-3-1-5-23(25)24-6-2-4-8-26(24)27/h1-13,21-22,27H,14-17H2. The molecule has 166 valence electrons. The first-order valence-corrected chi connectivity index (χ1v) is 11.7. The summed E-state index contributed by atoms with van der Waals surface area (Å²) < 4.78 is 11.7. The molecule has 6 rings (SSSR count). The van der Waals surface area contributed by atoms with Crippen LogP contribution in [0.15, 0.2) is 78.9 Å². The molecule has 3 aromatic rings. The van der Waals surface area contributed by atoms with E-state index in [1.165, 1.54) is 27.8 Å². The van der Waals surface area contributed by atoms with Gasteiger partial charge in [0.1, 0.15) is 6.61 Å². The fourth-order valence-electron chi connectivity index (χ4n) is 5.43. The average Bonchev–Trinajstić information content (AvgIpc) is 3.16. The third-order valence-corrected chi connectivity index (χ3v) is 7.21. The number of ether oxygens (including phenoxy) is 2. The molecule has 4 nitrogen and oxygen atoms in total. The highest BCUT2D eigenvalue weighted by atomic mass is 35.5. The Kier molecular flexibility index (Phi) is 5.20. The van der Waals surface area contributed by atoms with Gasteiger partial charge in [0.05, 0.1) is 25.3 Å². The molecule has 1 saturated heterocycles. The number of carbonyl (C=O) groups is 1. The highest BCUT2D eigenvalue weighted by Crippen LogP contribution is 2.44. The van der Waals surface area contributed by atoms with Crippen molar-refractivity contribution >= 4 is 23.3 Å². The molecule has 2 unspecified atom stereocenters. The lowest BCUT2D eigenvalue weighted by Gasteiger charge is -2.44. The van der Waals surface area contributed by atoms with Crippen molar-refractivity contribution in [2.45, 2.75) is 24.4 Å². The largest absolute Gasteiger partial charge is 0.448 e. The minimum absolute atomic E-state index is 0.0323. The maximum absolute atomic E-state index is 13.3. The normalized spacial score (nSPS) is 21.2. The lowest BCUT2D eigenvalue weighted by Crippen LogP contribution is -2.56. The van der Waals surface area contributed by atoms with Crippen LogP contribution in [0.4, 0.5) is 4.79 Å². The summed E-state index contributed by atoms with van der Waals surface area (Å²) in [6.45, 7) is 1.33. The van der Waals surface area contributed by atoms with Gasteiger partial charge in [-0.25, -0.2) is 4.79 Å². The van der Waals surface area contributed by atoms with Gasteiger partial charge in [-0.1, -0.05) is 78.3 Å². The lowest BCUT2D eigenvalue weighted by molar-refractivity contribution is -0.0331. The summed E-state index contributed by atoms with van der Waals surface area (Å²) >= 11 is 6.05. The summed E-state index contributed by atoms with van der Waals surface area (Å²) in [5, 5.41) is 0.721. The van der Waals surface area contributed by atoms with Gasteiger partial charge in [0.25, 0.3) is 0 Å². The van der Waals surface area contributed by atoms with Crippen molar-refractivity contribution in [1.82, 2.24) is 4.90 Å². The van der Waals surface area contributed by atoms with E-state index in [4.69, 9.17) is 21.1 Å². The molecule has 2 aliphatic heterocycles. The minimum Gasteiger partial charge on any atom is -0.448 e. The maximum Gasteiger partial charge on any atom is 0.410 e. The molecule has 5 heteroatoms. The third-order valence-electron chi connectivity index (χ3n) is 6.96. The predicted molar refractivity (Wildman–Crippen MR) is 129 cm³/mol. The van der Waals surface area contributed by atoms with Crippen LogP contribution in [0, 0.1) is 0 Å². The van der Waals surface area contributed by atoms with Crippen LogP contribution in [0.25, 0.3) is 16.7 Å². The van der Waals surface area contributed by atoms with Crippen molar-refractivity contribution in [1.29, 1.82) is 0 Å². The second-order valence-electron chi connectivity index (χ2n) is 8.87. The minimum atomic E-state index is -0.262. The molecule has 0 radical (unpaired) electrons.